The van der Waals surface area contributed by atoms with Crippen LogP contribution in [0.4, 0.5) is 0 Å². The Morgan fingerprint density at radius 1 is 1.18 bits per heavy atom. The molecule has 176 valence electrons. The fourth-order valence-electron chi connectivity index (χ4n) is 4.42. The summed E-state index contributed by atoms with van der Waals surface area (Å²) in [5.74, 6) is -0.288. The number of aromatic nitrogens is 3. The van der Waals surface area contributed by atoms with E-state index in [-0.39, 0.29) is 29.5 Å². The summed E-state index contributed by atoms with van der Waals surface area (Å²) in [5, 5.41) is 41.5. The molecule has 2 aromatic heterocycles. The van der Waals surface area contributed by atoms with Crippen molar-refractivity contribution < 1.29 is 14.6 Å². The number of amides is 1. The molecule has 2 fully saturated rings. The van der Waals surface area contributed by atoms with Gasteiger partial charge in [-0.15, -0.1) is 0 Å². The van der Waals surface area contributed by atoms with E-state index in [1.165, 1.54) is 6.07 Å². The van der Waals surface area contributed by atoms with Crippen LogP contribution in [0.15, 0.2) is 66.3 Å². The van der Waals surface area contributed by atoms with Crippen LogP contribution in [0.2, 0.25) is 0 Å². The number of allylic oxidation sites excluding steroid dienone is 4. The van der Waals surface area contributed by atoms with Crippen molar-refractivity contribution in [1.29, 1.82) is 5.41 Å². The molecule has 3 aliphatic rings. The number of carbonyl (C=O) groups excluding carboxylic acids is 1. The average molecular weight is 461 g/mol. The highest BCUT2D eigenvalue weighted by Gasteiger charge is 2.33. The van der Waals surface area contributed by atoms with Gasteiger partial charge in [0.25, 0.3) is 5.69 Å². The lowest BCUT2D eigenvalue weighted by molar-refractivity contribution is -0.616. The maximum absolute atomic E-state index is 13.1. The highest BCUT2D eigenvalue weighted by atomic mass is 16.5. The zero-order chi connectivity index (χ0) is 23.7. The third-order valence-corrected chi connectivity index (χ3v) is 6.54. The lowest BCUT2D eigenvalue weighted by Gasteiger charge is -2.26. The molecular weight excluding hydrogens is 432 g/mol. The number of hydrogen-bond acceptors (Lipinski definition) is 6. The fourth-order valence-corrected chi connectivity index (χ4v) is 4.42. The molecule has 3 aliphatic carbocycles. The summed E-state index contributed by atoms with van der Waals surface area (Å²) in [4.78, 5) is 13.1. The van der Waals surface area contributed by atoms with Crippen LogP contribution in [0.1, 0.15) is 60.6 Å². The second-order valence-electron chi connectivity index (χ2n) is 9.08. The lowest BCUT2D eigenvalue weighted by Crippen LogP contribution is -2.42. The standard InChI is InChI=1S/C25H28N6O3/c26-20-14-24(30-12-2-11-28-30)21(13-17(20)15-27-18-7-9-19(32)10-8-18)29-25(33)23-4-1-3-22(31(23)34)16-5-6-16/h1-4,11-16,18-19,26-27,32H,5-10H2,(H,29,33)/b17-15-,26-20?/t18-,19-. The first-order valence-electron chi connectivity index (χ1n) is 11.7. The molecule has 0 unspecified atom stereocenters. The summed E-state index contributed by atoms with van der Waals surface area (Å²) in [6.07, 6.45) is 13.5. The summed E-state index contributed by atoms with van der Waals surface area (Å²) in [6.45, 7) is 0. The fraction of sp³-hybridized carbons (Fsp3) is 0.360. The van der Waals surface area contributed by atoms with E-state index >= 15 is 0 Å². The van der Waals surface area contributed by atoms with Gasteiger partial charge in [-0.1, -0.05) is 0 Å². The maximum Gasteiger partial charge on any atom is 0.321 e. The molecule has 4 N–H and O–H groups in total. The normalized spacial score (nSPS) is 23.9. The Morgan fingerprint density at radius 3 is 2.68 bits per heavy atom. The molecule has 9 heteroatoms. The zero-order valence-corrected chi connectivity index (χ0v) is 18.8. The average Bonchev–Trinajstić information content (AvgIpc) is 3.53. The molecule has 0 atom stereocenters. The Labute approximate surface area is 197 Å². The Kier molecular flexibility index (Phi) is 6.02. The van der Waals surface area contributed by atoms with Crippen molar-refractivity contribution in [2.45, 2.75) is 56.6 Å². The highest BCUT2D eigenvalue weighted by molar-refractivity contribution is 6.14. The summed E-state index contributed by atoms with van der Waals surface area (Å²) in [5.41, 5.74) is 2.54. The van der Waals surface area contributed by atoms with E-state index in [1.807, 2.05) is 0 Å². The summed E-state index contributed by atoms with van der Waals surface area (Å²) in [6, 6.07) is 7.03. The highest BCUT2D eigenvalue weighted by Crippen LogP contribution is 2.38. The second-order valence-corrected chi connectivity index (χ2v) is 9.08. The number of pyridine rings is 1. The molecule has 9 nitrogen and oxygen atoms in total. The molecular formula is C25H28N6O3. The van der Waals surface area contributed by atoms with Crippen LogP contribution in [0.3, 0.4) is 0 Å². The van der Waals surface area contributed by atoms with Crippen LogP contribution >= 0.6 is 0 Å². The number of aliphatic hydroxyl groups excluding tert-OH is 1. The van der Waals surface area contributed by atoms with Crippen molar-refractivity contribution in [2.24, 2.45) is 0 Å². The van der Waals surface area contributed by atoms with E-state index in [4.69, 9.17) is 5.41 Å². The third kappa shape index (κ3) is 4.65. The molecule has 2 aromatic rings. The van der Waals surface area contributed by atoms with Crippen LogP contribution in [0.25, 0.3) is 5.70 Å². The van der Waals surface area contributed by atoms with Crippen LogP contribution in [0, 0.1) is 10.6 Å². The predicted octanol–water partition coefficient (Wildman–Crippen LogP) is 2.36. The van der Waals surface area contributed by atoms with Gasteiger partial charge in [0.05, 0.1) is 23.2 Å². The lowest BCUT2D eigenvalue weighted by atomic mass is 9.93. The van der Waals surface area contributed by atoms with Crippen molar-refractivity contribution in [3.05, 3.63) is 82.9 Å². The first-order chi connectivity index (χ1) is 16.5. The van der Waals surface area contributed by atoms with Crippen LogP contribution in [-0.2, 0) is 0 Å². The Morgan fingerprint density at radius 2 is 1.97 bits per heavy atom. The van der Waals surface area contributed by atoms with Crippen molar-refractivity contribution in [2.75, 3.05) is 0 Å². The molecule has 5 rings (SSSR count). The van der Waals surface area contributed by atoms with Crippen LogP contribution in [-0.4, -0.2) is 38.7 Å². The number of rotatable bonds is 6. The minimum atomic E-state index is -0.510. The number of nitrogens with one attached hydrogen (secondary N) is 3. The van der Waals surface area contributed by atoms with Gasteiger partial charge >= 0.3 is 5.91 Å². The molecule has 0 bridgehead atoms. The first kappa shape index (κ1) is 22.1. The van der Waals surface area contributed by atoms with E-state index in [2.05, 4.69) is 15.7 Å². The molecule has 1 amide bonds. The summed E-state index contributed by atoms with van der Waals surface area (Å²) in [7, 11) is 0. The molecule has 34 heavy (non-hydrogen) atoms. The molecule has 0 radical (unpaired) electrons. The van der Waals surface area contributed by atoms with Crippen molar-refractivity contribution in [3.8, 4) is 0 Å². The minimum absolute atomic E-state index is 0.0372. The maximum atomic E-state index is 13.1. The van der Waals surface area contributed by atoms with E-state index in [0.29, 0.717) is 22.7 Å². The first-order valence-corrected chi connectivity index (χ1v) is 11.7. The summed E-state index contributed by atoms with van der Waals surface area (Å²) < 4.78 is 2.31. The predicted molar refractivity (Wildman–Crippen MR) is 127 cm³/mol. The molecule has 0 spiro atoms. The van der Waals surface area contributed by atoms with Gasteiger partial charge in [-0.3, -0.25) is 4.79 Å². The van der Waals surface area contributed by atoms with Gasteiger partial charge in [0.2, 0.25) is 0 Å². The van der Waals surface area contributed by atoms with Gasteiger partial charge < -0.3 is 26.4 Å². The quantitative estimate of drug-likeness (QED) is 0.388. The largest absolute Gasteiger partial charge is 0.618 e. The number of carbonyl (C=O) groups is 1. The number of hydrogen-bond donors (Lipinski definition) is 4. The number of aliphatic hydroxyl groups is 1. The van der Waals surface area contributed by atoms with Crippen molar-refractivity contribution >= 4 is 17.3 Å². The van der Waals surface area contributed by atoms with E-state index in [0.717, 1.165) is 43.3 Å². The van der Waals surface area contributed by atoms with Crippen LogP contribution < -0.4 is 15.4 Å². The van der Waals surface area contributed by atoms with Gasteiger partial charge in [-0.2, -0.15) is 9.83 Å². The topological polar surface area (TPSA) is 130 Å². The van der Waals surface area contributed by atoms with Gasteiger partial charge in [0.1, 0.15) is 0 Å². The smallest absolute Gasteiger partial charge is 0.321 e. The monoisotopic (exact) mass is 460 g/mol. The van der Waals surface area contributed by atoms with E-state index in [1.54, 1.807) is 53.6 Å². The van der Waals surface area contributed by atoms with E-state index < -0.39 is 5.91 Å². The van der Waals surface area contributed by atoms with E-state index in [9.17, 15) is 15.1 Å². The SMILES string of the molecule is N=C1C=C(n2cccn2)C(NC(=O)c2cccc(C3CC3)[n+]2[O-])=C/C1=C/N[C@H]1CC[C@H](O)CC1. The molecule has 0 aromatic carbocycles. The second kappa shape index (κ2) is 9.26. The molecule has 0 saturated heterocycles. The Balaban J connectivity index is 1.40. The van der Waals surface area contributed by atoms with Gasteiger partial charge in [-0.05, 0) is 62.8 Å². The van der Waals surface area contributed by atoms with Gasteiger partial charge in [0.15, 0.2) is 5.69 Å². The Hall–Kier alpha value is -3.72. The third-order valence-electron chi connectivity index (χ3n) is 6.54. The van der Waals surface area contributed by atoms with Gasteiger partial charge in [0, 0.05) is 48.3 Å². The summed E-state index contributed by atoms with van der Waals surface area (Å²) >= 11 is 0. The van der Waals surface area contributed by atoms with Gasteiger partial charge in [-0.25, -0.2) is 4.68 Å². The Bertz CT molecular complexity index is 1190. The number of nitrogens with zero attached hydrogens (tertiary/aromatic N) is 3. The zero-order valence-electron chi connectivity index (χ0n) is 18.8. The molecule has 2 heterocycles. The molecule has 2 saturated carbocycles. The van der Waals surface area contributed by atoms with Crippen molar-refractivity contribution in [3.63, 3.8) is 0 Å². The molecule has 0 aliphatic heterocycles. The minimum Gasteiger partial charge on any atom is -0.618 e. The van der Waals surface area contributed by atoms with Crippen LogP contribution in [0.5, 0.6) is 0 Å². The van der Waals surface area contributed by atoms with Crippen molar-refractivity contribution in [1.82, 2.24) is 20.4 Å².